The molecule has 0 spiro atoms. The molecule has 114 valence electrons. The van der Waals surface area contributed by atoms with Crippen molar-refractivity contribution in [1.29, 1.82) is 0 Å². The van der Waals surface area contributed by atoms with E-state index in [4.69, 9.17) is 0 Å². The maximum Gasteiger partial charge on any atom is 0.242 e. The summed E-state index contributed by atoms with van der Waals surface area (Å²) in [6, 6.07) is 7.04. The van der Waals surface area contributed by atoms with Crippen LogP contribution in [0.15, 0.2) is 29.2 Å². The Balaban J connectivity index is 2.83. The Morgan fingerprint density at radius 1 is 1.10 bits per heavy atom. The molecule has 0 aromatic heterocycles. The smallest absolute Gasteiger partial charge is 0.242 e. The summed E-state index contributed by atoms with van der Waals surface area (Å²) in [5.74, 6) is 0. The lowest BCUT2D eigenvalue weighted by Crippen LogP contribution is -2.25. The van der Waals surface area contributed by atoms with Crippen LogP contribution in [0.5, 0.6) is 0 Å². The van der Waals surface area contributed by atoms with E-state index in [1.165, 1.54) is 0 Å². The van der Waals surface area contributed by atoms with Gasteiger partial charge in [-0.2, -0.15) is 0 Å². The normalized spacial score (nSPS) is 12.4. The molecule has 0 atom stereocenters. The molecule has 0 bridgehead atoms. The van der Waals surface area contributed by atoms with Crippen LogP contribution in [-0.4, -0.2) is 21.5 Å². The molecular formula is C15H26N2O2S. The molecule has 1 aromatic carbocycles. The number of sulfonamides is 1. The fourth-order valence-corrected chi connectivity index (χ4v) is 3.05. The second-order valence-electron chi connectivity index (χ2n) is 6.13. The Labute approximate surface area is 123 Å². The number of rotatable bonds is 7. The standard InChI is InChI=1S/C15H26N2O2S/c1-5-11-17-20(18,19)14-9-7-6-8-13(14)16-12-10-15(2,3)4/h6-9,16-17H,5,10-12H2,1-4H3. The van der Waals surface area contributed by atoms with Crippen molar-refractivity contribution < 1.29 is 8.42 Å². The van der Waals surface area contributed by atoms with E-state index in [2.05, 4.69) is 30.8 Å². The van der Waals surface area contributed by atoms with Crippen molar-refractivity contribution in [1.82, 2.24) is 4.72 Å². The molecule has 0 saturated heterocycles. The monoisotopic (exact) mass is 298 g/mol. The Morgan fingerprint density at radius 3 is 2.35 bits per heavy atom. The Morgan fingerprint density at radius 2 is 1.75 bits per heavy atom. The maximum atomic E-state index is 12.2. The maximum absolute atomic E-state index is 12.2. The first-order chi connectivity index (χ1) is 9.26. The van der Waals surface area contributed by atoms with Gasteiger partial charge in [-0.3, -0.25) is 0 Å². The van der Waals surface area contributed by atoms with E-state index < -0.39 is 10.0 Å². The van der Waals surface area contributed by atoms with Crippen molar-refractivity contribution in [2.75, 3.05) is 18.4 Å². The van der Waals surface area contributed by atoms with Gasteiger partial charge in [0.25, 0.3) is 0 Å². The third-order valence-corrected chi connectivity index (χ3v) is 4.43. The van der Waals surface area contributed by atoms with Gasteiger partial charge in [0.1, 0.15) is 4.90 Å². The summed E-state index contributed by atoms with van der Waals surface area (Å²) in [6.07, 6.45) is 1.75. The van der Waals surface area contributed by atoms with Crippen LogP contribution in [0.2, 0.25) is 0 Å². The van der Waals surface area contributed by atoms with E-state index in [-0.39, 0.29) is 5.41 Å². The summed E-state index contributed by atoms with van der Waals surface area (Å²) < 4.78 is 27.0. The lowest BCUT2D eigenvalue weighted by atomic mass is 9.92. The molecule has 0 fully saturated rings. The van der Waals surface area contributed by atoms with E-state index in [1.54, 1.807) is 12.1 Å². The average Bonchev–Trinajstić information content (AvgIpc) is 2.35. The van der Waals surface area contributed by atoms with E-state index >= 15 is 0 Å². The number of para-hydroxylation sites is 1. The predicted molar refractivity (Wildman–Crippen MR) is 84.5 cm³/mol. The molecule has 0 aliphatic heterocycles. The molecule has 0 amide bonds. The van der Waals surface area contributed by atoms with Crippen LogP contribution >= 0.6 is 0 Å². The van der Waals surface area contributed by atoms with Crippen molar-refractivity contribution in [3.05, 3.63) is 24.3 Å². The molecule has 0 aliphatic rings. The summed E-state index contributed by atoms with van der Waals surface area (Å²) in [7, 11) is -3.43. The second-order valence-corrected chi connectivity index (χ2v) is 7.87. The molecule has 20 heavy (non-hydrogen) atoms. The van der Waals surface area contributed by atoms with Gasteiger partial charge in [0.2, 0.25) is 10.0 Å². The van der Waals surface area contributed by atoms with Crippen LogP contribution in [-0.2, 0) is 10.0 Å². The van der Waals surface area contributed by atoms with Crippen molar-refractivity contribution >= 4 is 15.7 Å². The van der Waals surface area contributed by atoms with E-state index in [0.717, 1.165) is 19.4 Å². The summed E-state index contributed by atoms with van der Waals surface area (Å²) >= 11 is 0. The largest absolute Gasteiger partial charge is 0.384 e. The Kier molecular flexibility index (Phi) is 6.02. The first-order valence-corrected chi connectivity index (χ1v) is 8.57. The summed E-state index contributed by atoms with van der Waals surface area (Å²) in [5.41, 5.74) is 0.890. The van der Waals surface area contributed by atoms with Gasteiger partial charge in [0.05, 0.1) is 5.69 Å². The molecule has 0 radical (unpaired) electrons. The van der Waals surface area contributed by atoms with Gasteiger partial charge in [-0.1, -0.05) is 39.8 Å². The number of hydrogen-bond donors (Lipinski definition) is 2. The summed E-state index contributed by atoms with van der Waals surface area (Å²) in [5, 5.41) is 3.23. The molecule has 4 nitrogen and oxygen atoms in total. The molecule has 0 aliphatic carbocycles. The van der Waals surface area contributed by atoms with E-state index in [1.807, 2.05) is 19.1 Å². The van der Waals surface area contributed by atoms with Crippen LogP contribution in [0.25, 0.3) is 0 Å². The molecule has 1 rings (SSSR count). The highest BCUT2D eigenvalue weighted by Gasteiger charge is 2.17. The first-order valence-electron chi connectivity index (χ1n) is 7.09. The van der Waals surface area contributed by atoms with Crippen LogP contribution in [0.4, 0.5) is 5.69 Å². The van der Waals surface area contributed by atoms with Crippen molar-refractivity contribution in [2.24, 2.45) is 5.41 Å². The highest BCUT2D eigenvalue weighted by atomic mass is 32.2. The molecule has 1 aromatic rings. The van der Waals surface area contributed by atoms with Gasteiger partial charge in [0.15, 0.2) is 0 Å². The Bertz CT molecular complexity index is 519. The number of anilines is 1. The van der Waals surface area contributed by atoms with Gasteiger partial charge < -0.3 is 5.32 Å². The quantitative estimate of drug-likeness (QED) is 0.812. The average molecular weight is 298 g/mol. The van der Waals surface area contributed by atoms with E-state index in [9.17, 15) is 8.42 Å². The van der Waals surface area contributed by atoms with Crippen molar-refractivity contribution in [2.45, 2.75) is 45.4 Å². The molecular weight excluding hydrogens is 272 g/mol. The molecule has 0 heterocycles. The second kappa shape index (κ2) is 7.09. The summed E-state index contributed by atoms with van der Waals surface area (Å²) in [6.45, 7) is 9.65. The van der Waals surface area contributed by atoms with Crippen molar-refractivity contribution in [3.63, 3.8) is 0 Å². The van der Waals surface area contributed by atoms with Gasteiger partial charge in [-0.05, 0) is 30.4 Å². The SMILES string of the molecule is CCCNS(=O)(=O)c1ccccc1NCCC(C)(C)C. The number of nitrogens with one attached hydrogen (secondary N) is 2. The zero-order chi connectivity index (χ0) is 15.2. The number of hydrogen-bond acceptors (Lipinski definition) is 3. The zero-order valence-electron chi connectivity index (χ0n) is 12.9. The Hall–Kier alpha value is -1.07. The van der Waals surface area contributed by atoms with E-state index in [0.29, 0.717) is 17.1 Å². The van der Waals surface area contributed by atoms with Crippen LogP contribution in [0.1, 0.15) is 40.5 Å². The first kappa shape index (κ1) is 17.0. The van der Waals surface area contributed by atoms with Gasteiger partial charge in [0, 0.05) is 13.1 Å². The van der Waals surface area contributed by atoms with Crippen LogP contribution in [0, 0.1) is 5.41 Å². The van der Waals surface area contributed by atoms with Crippen LogP contribution < -0.4 is 10.0 Å². The fourth-order valence-electron chi connectivity index (χ4n) is 1.73. The van der Waals surface area contributed by atoms with Gasteiger partial charge >= 0.3 is 0 Å². The summed E-state index contributed by atoms with van der Waals surface area (Å²) in [4.78, 5) is 0.322. The van der Waals surface area contributed by atoms with Crippen LogP contribution in [0.3, 0.4) is 0 Å². The lowest BCUT2D eigenvalue weighted by molar-refractivity contribution is 0.389. The lowest BCUT2D eigenvalue weighted by Gasteiger charge is -2.19. The van der Waals surface area contributed by atoms with Crippen molar-refractivity contribution in [3.8, 4) is 0 Å². The topological polar surface area (TPSA) is 58.2 Å². The minimum atomic E-state index is -3.43. The third kappa shape index (κ3) is 5.51. The third-order valence-electron chi connectivity index (χ3n) is 2.91. The highest BCUT2D eigenvalue weighted by molar-refractivity contribution is 7.89. The predicted octanol–water partition coefficient (Wildman–Crippen LogP) is 3.22. The minimum Gasteiger partial charge on any atom is -0.384 e. The number of benzene rings is 1. The zero-order valence-corrected chi connectivity index (χ0v) is 13.7. The highest BCUT2D eigenvalue weighted by Crippen LogP contribution is 2.23. The molecule has 0 saturated carbocycles. The van der Waals surface area contributed by atoms with Gasteiger partial charge in [-0.15, -0.1) is 0 Å². The molecule has 0 unspecified atom stereocenters. The molecule has 5 heteroatoms. The van der Waals surface area contributed by atoms with Gasteiger partial charge in [-0.25, -0.2) is 13.1 Å². The minimum absolute atomic E-state index is 0.223. The fraction of sp³-hybridized carbons (Fsp3) is 0.600. The molecule has 2 N–H and O–H groups in total.